The molecule has 0 aliphatic heterocycles. The molecule has 0 saturated heterocycles. The van der Waals surface area contributed by atoms with Crippen LogP contribution in [0.2, 0.25) is 0 Å². The molecule has 0 aliphatic rings. The molecule has 0 saturated carbocycles. The Hall–Kier alpha value is -2.07. The van der Waals surface area contributed by atoms with Crippen molar-refractivity contribution in [3.8, 4) is 11.1 Å². The SMILES string of the molecule is CCNc1cc(Br)ccc1-c1cc2ccccc2oc1=O. The summed E-state index contributed by atoms with van der Waals surface area (Å²) in [7, 11) is 0. The van der Waals surface area contributed by atoms with Gasteiger partial charge in [-0.3, -0.25) is 0 Å². The first-order valence-corrected chi connectivity index (χ1v) is 7.55. The Morgan fingerprint density at radius 1 is 1.10 bits per heavy atom. The van der Waals surface area contributed by atoms with Gasteiger partial charge in [-0.05, 0) is 31.2 Å². The maximum atomic E-state index is 12.3. The molecule has 1 aromatic heterocycles. The van der Waals surface area contributed by atoms with E-state index in [-0.39, 0.29) is 5.63 Å². The van der Waals surface area contributed by atoms with Crippen LogP contribution in [0.4, 0.5) is 5.69 Å². The van der Waals surface area contributed by atoms with E-state index in [1.54, 1.807) is 6.07 Å². The van der Waals surface area contributed by atoms with Crippen LogP contribution < -0.4 is 10.9 Å². The molecule has 3 nitrogen and oxygen atoms in total. The highest BCUT2D eigenvalue weighted by Crippen LogP contribution is 2.30. The van der Waals surface area contributed by atoms with Crippen LogP contribution in [0.3, 0.4) is 0 Å². The van der Waals surface area contributed by atoms with Crippen LogP contribution in [0.25, 0.3) is 22.1 Å². The van der Waals surface area contributed by atoms with E-state index in [0.29, 0.717) is 11.1 Å². The van der Waals surface area contributed by atoms with Gasteiger partial charge in [0.05, 0.1) is 5.56 Å². The molecule has 21 heavy (non-hydrogen) atoms. The van der Waals surface area contributed by atoms with Crippen molar-refractivity contribution >= 4 is 32.6 Å². The van der Waals surface area contributed by atoms with E-state index in [1.807, 2.05) is 49.4 Å². The Morgan fingerprint density at radius 3 is 2.71 bits per heavy atom. The Morgan fingerprint density at radius 2 is 1.90 bits per heavy atom. The zero-order valence-corrected chi connectivity index (χ0v) is 13.1. The molecule has 0 spiro atoms. The summed E-state index contributed by atoms with van der Waals surface area (Å²) in [5.41, 5.74) is 2.61. The van der Waals surface area contributed by atoms with Gasteiger partial charge in [-0.15, -0.1) is 0 Å². The van der Waals surface area contributed by atoms with Crippen molar-refractivity contribution in [2.24, 2.45) is 0 Å². The van der Waals surface area contributed by atoms with Crippen LogP contribution in [0, 0.1) is 0 Å². The maximum Gasteiger partial charge on any atom is 0.344 e. The third kappa shape index (κ3) is 2.72. The summed E-state index contributed by atoms with van der Waals surface area (Å²) in [5, 5.41) is 4.19. The number of fused-ring (bicyclic) bond motifs is 1. The van der Waals surface area contributed by atoms with E-state index in [0.717, 1.165) is 27.7 Å². The Bertz CT molecular complexity index is 855. The highest BCUT2D eigenvalue weighted by molar-refractivity contribution is 9.10. The number of para-hydroxylation sites is 1. The second-order valence-electron chi connectivity index (χ2n) is 4.71. The number of rotatable bonds is 3. The lowest BCUT2D eigenvalue weighted by Crippen LogP contribution is -2.06. The summed E-state index contributed by atoms with van der Waals surface area (Å²) < 4.78 is 6.38. The van der Waals surface area contributed by atoms with Gasteiger partial charge >= 0.3 is 5.63 Å². The van der Waals surface area contributed by atoms with Gasteiger partial charge < -0.3 is 9.73 Å². The predicted molar refractivity (Wildman–Crippen MR) is 89.8 cm³/mol. The van der Waals surface area contributed by atoms with Crippen molar-refractivity contribution < 1.29 is 4.42 Å². The van der Waals surface area contributed by atoms with Gasteiger partial charge in [-0.2, -0.15) is 0 Å². The largest absolute Gasteiger partial charge is 0.422 e. The first-order chi connectivity index (χ1) is 10.2. The quantitative estimate of drug-likeness (QED) is 0.703. The molecule has 0 atom stereocenters. The Balaban J connectivity index is 2.25. The number of hydrogen-bond donors (Lipinski definition) is 1. The second-order valence-corrected chi connectivity index (χ2v) is 5.62. The maximum absolute atomic E-state index is 12.3. The van der Waals surface area contributed by atoms with Gasteiger partial charge in [0.1, 0.15) is 5.58 Å². The number of hydrogen-bond acceptors (Lipinski definition) is 3. The van der Waals surface area contributed by atoms with Crippen molar-refractivity contribution in [1.82, 2.24) is 0 Å². The fourth-order valence-corrected chi connectivity index (χ4v) is 2.70. The average Bonchev–Trinajstić information content (AvgIpc) is 2.47. The summed E-state index contributed by atoms with van der Waals surface area (Å²) in [5.74, 6) is 0. The van der Waals surface area contributed by atoms with Crippen LogP contribution in [-0.2, 0) is 0 Å². The molecule has 4 heteroatoms. The third-order valence-electron chi connectivity index (χ3n) is 3.28. The number of benzene rings is 2. The lowest BCUT2D eigenvalue weighted by Gasteiger charge is -2.11. The highest BCUT2D eigenvalue weighted by atomic mass is 79.9. The molecule has 0 unspecified atom stereocenters. The Kier molecular flexibility index (Phi) is 3.80. The van der Waals surface area contributed by atoms with E-state index in [4.69, 9.17) is 4.42 Å². The molecule has 0 aliphatic carbocycles. The van der Waals surface area contributed by atoms with Crippen molar-refractivity contribution in [2.45, 2.75) is 6.92 Å². The van der Waals surface area contributed by atoms with Gasteiger partial charge in [-0.1, -0.05) is 40.2 Å². The molecule has 3 rings (SSSR count). The minimum absolute atomic E-state index is 0.324. The summed E-state index contributed by atoms with van der Waals surface area (Å²) in [6.07, 6.45) is 0. The average molecular weight is 344 g/mol. The number of anilines is 1. The smallest absolute Gasteiger partial charge is 0.344 e. The lowest BCUT2D eigenvalue weighted by atomic mass is 10.0. The third-order valence-corrected chi connectivity index (χ3v) is 3.77. The number of nitrogens with one attached hydrogen (secondary N) is 1. The van der Waals surface area contributed by atoms with Crippen molar-refractivity contribution in [3.63, 3.8) is 0 Å². The van der Waals surface area contributed by atoms with Crippen molar-refractivity contribution in [3.05, 3.63) is 63.4 Å². The summed E-state index contributed by atoms with van der Waals surface area (Å²) in [6.45, 7) is 2.80. The molecule has 3 aromatic rings. The molecule has 0 amide bonds. The standard InChI is InChI=1S/C17H14BrNO2/c1-2-19-15-10-12(18)7-8-13(15)14-9-11-5-3-4-6-16(11)21-17(14)20/h3-10,19H,2H2,1H3. The van der Waals surface area contributed by atoms with Gasteiger partial charge in [0.15, 0.2) is 0 Å². The first kappa shape index (κ1) is 13.9. The minimum Gasteiger partial charge on any atom is -0.422 e. The fraction of sp³-hybridized carbons (Fsp3) is 0.118. The molecule has 106 valence electrons. The fourth-order valence-electron chi connectivity index (χ4n) is 2.34. The topological polar surface area (TPSA) is 42.2 Å². The first-order valence-electron chi connectivity index (χ1n) is 6.75. The van der Waals surface area contributed by atoms with E-state index in [1.165, 1.54) is 0 Å². The van der Waals surface area contributed by atoms with Crippen LogP contribution >= 0.6 is 15.9 Å². The van der Waals surface area contributed by atoms with Crippen LogP contribution in [0.5, 0.6) is 0 Å². The lowest BCUT2D eigenvalue weighted by molar-refractivity contribution is 0.563. The van der Waals surface area contributed by atoms with E-state index < -0.39 is 0 Å². The predicted octanol–water partition coefficient (Wildman–Crippen LogP) is 4.65. The van der Waals surface area contributed by atoms with E-state index in [9.17, 15) is 4.79 Å². The molecule has 0 fully saturated rings. The van der Waals surface area contributed by atoms with E-state index >= 15 is 0 Å². The molecule has 2 aromatic carbocycles. The van der Waals surface area contributed by atoms with Crippen molar-refractivity contribution in [2.75, 3.05) is 11.9 Å². The zero-order valence-electron chi connectivity index (χ0n) is 11.5. The van der Waals surface area contributed by atoms with Crippen LogP contribution in [0.15, 0.2) is 62.2 Å². The van der Waals surface area contributed by atoms with Crippen LogP contribution in [-0.4, -0.2) is 6.54 Å². The minimum atomic E-state index is -0.324. The summed E-state index contributed by atoms with van der Waals surface area (Å²) in [6, 6.07) is 15.2. The monoisotopic (exact) mass is 343 g/mol. The highest BCUT2D eigenvalue weighted by Gasteiger charge is 2.12. The molecule has 1 N–H and O–H groups in total. The van der Waals surface area contributed by atoms with Gasteiger partial charge in [-0.25, -0.2) is 4.79 Å². The molecule has 0 bridgehead atoms. The van der Waals surface area contributed by atoms with Gasteiger partial charge in [0.2, 0.25) is 0 Å². The van der Waals surface area contributed by atoms with Gasteiger partial charge in [0.25, 0.3) is 0 Å². The summed E-state index contributed by atoms with van der Waals surface area (Å²) >= 11 is 3.46. The van der Waals surface area contributed by atoms with Crippen molar-refractivity contribution in [1.29, 1.82) is 0 Å². The molecular weight excluding hydrogens is 330 g/mol. The molecular formula is C17H14BrNO2. The zero-order chi connectivity index (χ0) is 14.8. The number of halogens is 1. The molecule has 1 heterocycles. The second kappa shape index (κ2) is 5.74. The Labute approximate surface area is 130 Å². The van der Waals surface area contributed by atoms with Gasteiger partial charge in [0, 0.05) is 27.7 Å². The normalized spacial score (nSPS) is 10.8. The van der Waals surface area contributed by atoms with Crippen LogP contribution in [0.1, 0.15) is 6.92 Å². The molecule has 0 radical (unpaired) electrons. The van der Waals surface area contributed by atoms with E-state index in [2.05, 4.69) is 21.2 Å². The summed E-state index contributed by atoms with van der Waals surface area (Å²) in [4.78, 5) is 12.3.